The van der Waals surface area contributed by atoms with E-state index in [0.29, 0.717) is 25.9 Å². The van der Waals surface area contributed by atoms with Crippen molar-refractivity contribution in [3.8, 4) is 0 Å². The lowest BCUT2D eigenvalue weighted by Crippen LogP contribution is -2.46. The van der Waals surface area contributed by atoms with Crippen LogP contribution in [0.1, 0.15) is 51.4 Å². The van der Waals surface area contributed by atoms with Gasteiger partial charge in [-0.1, -0.05) is 12.8 Å². The molecule has 0 aliphatic carbocycles. The number of carbonyl (C=O) groups excluding carboxylic acids is 4. The second-order valence-electron chi connectivity index (χ2n) is 7.96. The van der Waals surface area contributed by atoms with E-state index in [1.165, 1.54) is 0 Å². The fourth-order valence-electron chi connectivity index (χ4n) is 3.54. The van der Waals surface area contributed by atoms with Crippen LogP contribution in [0.25, 0.3) is 0 Å². The van der Waals surface area contributed by atoms with Crippen molar-refractivity contribution in [3.63, 3.8) is 0 Å². The monoisotopic (exact) mass is 452 g/mol. The van der Waals surface area contributed by atoms with Crippen molar-refractivity contribution in [2.45, 2.75) is 63.5 Å². The molecule has 10 nitrogen and oxygen atoms in total. The van der Waals surface area contributed by atoms with Crippen molar-refractivity contribution in [2.24, 2.45) is 0 Å². The molecule has 2 rings (SSSR count). The largest absolute Gasteiger partial charge is 0.462 e. The number of nitrogens with one attached hydrogen (secondary N) is 4. The summed E-state index contributed by atoms with van der Waals surface area (Å²) in [5, 5.41) is 12.0. The van der Waals surface area contributed by atoms with Crippen LogP contribution < -0.4 is 21.3 Å². The van der Waals surface area contributed by atoms with E-state index in [4.69, 9.17) is 9.47 Å². The summed E-state index contributed by atoms with van der Waals surface area (Å²) < 4.78 is 9.99. The molecule has 2 saturated heterocycles. The van der Waals surface area contributed by atoms with Gasteiger partial charge in [0.2, 0.25) is 11.8 Å². The Kier molecular flexibility index (Phi) is 12.4. The minimum atomic E-state index is -0.644. The maximum absolute atomic E-state index is 11.9. The quantitative estimate of drug-likeness (QED) is 0.184. The minimum Gasteiger partial charge on any atom is -0.462 e. The minimum absolute atomic E-state index is 0.0242. The zero-order chi connectivity index (χ0) is 23.0. The molecule has 0 saturated carbocycles. The number of hydrogen-bond acceptors (Lipinski definition) is 8. The second kappa shape index (κ2) is 15.4. The molecule has 2 unspecified atom stereocenters. The van der Waals surface area contributed by atoms with E-state index in [9.17, 15) is 19.2 Å². The molecule has 32 heavy (non-hydrogen) atoms. The summed E-state index contributed by atoms with van der Waals surface area (Å²) in [5.74, 6) is -1.34. The van der Waals surface area contributed by atoms with E-state index in [1.807, 2.05) is 0 Å². The van der Waals surface area contributed by atoms with Crippen LogP contribution >= 0.6 is 0 Å². The molecule has 0 spiro atoms. The van der Waals surface area contributed by atoms with E-state index in [1.54, 1.807) is 0 Å². The van der Waals surface area contributed by atoms with Crippen LogP contribution in [-0.4, -0.2) is 75.2 Å². The van der Waals surface area contributed by atoms with Crippen molar-refractivity contribution in [3.05, 3.63) is 12.2 Å². The summed E-state index contributed by atoms with van der Waals surface area (Å²) in [4.78, 5) is 47.1. The number of carbonyl (C=O) groups is 4. The van der Waals surface area contributed by atoms with Gasteiger partial charge in [0.05, 0.1) is 25.3 Å². The van der Waals surface area contributed by atoms with Crippen LogP contribution in [0.5, 0.6) is 0 Å². The molecule has 180 valence electrons. The van der Waals surface area contributed by atoms with Gasteiger partial charge in [-0.2, -0.15) is 0 Å². The normalized spacial score (nSPS) is 21.0. The van der Waals surface area contributed by atoms with Gasteiger partial charge in [-0.25, -0.2) is 9.59 Å². The van der Waals surface area contributed by atoms with E-state index in [-0.39, 0.29) is 37.1 Å². The molecule has 4 N–H and O–H groups in total. The third-order valence-corrected chi connectivity index (χ3v) is 5.34. The number of ether oxygens (including phenoxy) is 2. The maximum atomic E-state index is 11.9. The average Bonchev–Trinajstić information content (AvgIpc) is 2.83. The fourth-order valence-corrected chi connectivity index (χ4v) is 3.54. The average molecular weight is 453 g/mol. The van der Waals surface area contributed by atoms with Crippen LogP contribution in [-0.2, 0) is 28.7 Å². The van der Waals surface area contributed by atoms with Gasteiger partial charge in [0.1, 0.15) is 0 Å². The number of amides is 2. The molecule has 10 heteroatoms. The van der Waals surface area contributed by atoms with Gasteiger partial charge in [-0.3, -0.25) is 9.59 Å². The molecule has 0 bridgehead atoms. The van der Waals surface area contributed by atoms with E-state index >= 15 is 0 Å². The molecule has 2 amide bonds. The molecule has 2 fully saturated rings. The lowest BCUT2D eigenvalue weighted by Gasteiger charge is -2.22. The Balaban J connectivity index is 1.44. The van der Waals surface area contributed by atoms with Crippen LogP contribution in [0.2, 0.25) is 0 Å². The summed E-state index contributed by atoms with van der Waals surface area (Å²) in [7, 11) is 0. The standard InChI is InChI=1S/C22H36N4O6/c27-19(31-15-5-13-25-21(29)17-7-1-3-11-23-17)9-10-20(28)32-16-6-14-26-22(30)18-8-2-4-12-24-18/h9-10,17-18,23-24H,1-8,11-16H2,(H,25,29)(H,26,30)/b10-9+. The molecular formula is C22H36N4O6. The Hall–Kier alpha value is -2.46. The van der Waals surface area contributed by atoms with Gasteiger partial charge in [-0.15, -0.1) is 0 Å². The van der Waals surface area contributed by atoms with Crippen LogP contribution in [0.4, 0.5) is 0 Å². The Labute approximate surface area is 189 Å². The molecular weight excluding hydrogens is 416 g/mol. The number of piperidine rings is 2. The summed E-state index contributed by atoms with van der Waals surface area (Å²) >= 11 is 0. The first kappa shape index (κ1) is 25.8. The number of esters is 2. The predicted octanol–water partition coefficient (Wildman–Crippen LogP) is -0.0742. The second-order valence-corrected chi connectivity index (χ2v) is 7.96. The van der Waals surface area contributed by atoms with Gasteiger partial charge in [-0.05, 0) is 51.6 Å². The highest BCUT2D eigenvalue weighted by Crippen LogP contribution is 2.07. The smallest absolute Gasteiger partial charge is 0.331 e. The third-order valence-electron chi connectivity index (χ3n) is 5.34. The topological polar surface area (TPSA) is 135 Å². The summed E-state index contributed by atoms with van der Waals surface area (Å²) in [6.45, 7) is 2.85. The van der Waals surface area contributed by atoms with Crippen molar-refractivity contribution >= 4 is 23.8 Å². The Bertz CT molecular complexity index is 588. The zero-order valence-electron chi connectivity index (χ0n) is 18.7. The molecule has 2 aliphatic heterocycles. The number of hydrogen-bond donors (Lipinski definition) is 4. The Morgan fingerprint density at radius 3 is 1.53 bits per heavy atom. The van der Waals surface area contributed by atoms with E-state index in [0.717, 1.165) is 63.8 Å². The SMILES string of the molecule is O=C(/C=C/C(=O)OCCCNC(=O)C1CCCCN1)OCCCNC(=O)C1CCCCN1. The van der Waals surface area contributed by atoms with Crippen molar-refractivity contribution in [1.29, 1.82) is 0 Å². The highest BCUT2D eigenvalue weighted by Gasteiger charge is 2.20. The Morgan fingerprint density at radius 1 is 0.719 bits per heavy atom. The van der Waals surface area contributed by atoms with Crippen LogP contribution in [0, 0.1) is 0 Å². The first-order valence-electron chi connectivity index (χ1n) is 11.6. The van der Waals surface area contributed by atoms with Gasteiger partial charge in [0.15, 0.2) is 0 Å². The highest BCUT2D eigenvalue weighted by molar-refractivity contribution is 5.91. The Morgan fingerprint density at radius 2 is 1.16 bits per heavy atom. The molecule has 0 aromatic carbocycles. The molecule has 0 aromatic rings. The van der Waals surface area contributed by atoms with Crippen LogP contribution in [0.15, 0.2) is 12.2 Å². The number of rotatable bonds is 12. The van der Waals surface area contributed by atoms with Crippen molar-refractivity contribution in [1.82, 2.24) is 21.3 Å². The van der Waals surface area contributed by atoms with Crippen LogP contribution in [0.3, 0.4) is 0 Å². The van der Waals surface area contributed by atoms with Crippen molar-refractivity contribution in [2.75, 3.05) is 39.4 Å². The zero-order valence-corrected chi connectivity index (χ0v) is 18.7. The van der Waals surface area contributed by atoms with E-state index < -0.39 is 11.9 Å². The lowest BCUT2D eigenvalue weighted by atomic mass is 10.0. The summed E-state index contributed by atoms with van der Waals surface area (Å²) in [6, 6.07) is -0.268. The van der Waals surface area contributed by atoms with Gasteiger partial charge < -0.3 is 30.7 Å². The molecule has 2 atom stereocenters. The lowest BCUT2D eigenvalue weighted by molar-refractivity contribution is -0.140. The van der Waals surface area contributed by atoms with Crippen molar-refractivity contribution < 1.29 is 28.7 Å². The van der Waals surface area contributed by atoms with Gasteiger partial charge in [0, 0.05) is 25.2 Å². The highest BCUT2D eigenvalue weighted by atomic mass is 16.5. The van der Waals surface area contributed by atoms with E-state index in [2.05, 4.69) is 21.3 Å². The van der Waals surface area contributed by atoms with Gasteiger partial charge in [0.25, 0.3) is 0 Å². The molecule has 0 aromatic heterocycles. The first-order valence-corrected chi connectivity index (χ1v) is 11.6. The molecule has 0 radical (unpaired) electrons. The fraction of sp³-hybridized carbons (Fsp3) is 0.727. The predicted molar refractivity (Wildman–Crippen MR) is 118 cm³/mol. The molecule has 2 aliphatic rings. The van der Waals surface area contributed by atoms with Gasteiger partial charge >= 0.3 is 11.9 Å². The first-order chi connectivity index (χ1) is 15.6. The summed E-state index contributed by atoms with van der Waals surface area (Å²) in [5.41, 5.74) is 0. The maximum Gasteiger partial charge on any atom is 0.331 e. The molecule has 2 heterocycles. The third kappa shape index (κ3) is 10.7. The summed E-state index contributed by atoms with van der Waals surface area (Å²) in [6.07, 6.45) is 8.98.